The number of hydrogen-bond acceptors (Lipinski definition) is 1. The van der Waals surface area contributed by atoms with Gasteiger partial charge in [0.25, 0.3) is 0 Å². The van der Waals surface area contributed by atoms with E-state index in [9.17, 15) is 4.79 Å². The smallest absolute Gasteiger partial charge is 0.218 e. The average Bonchev–Trinajstić information content (AvgIpc) is 2.43. The maximum Gasteiger partial charge on any atom is 0.218 e. The predicted octanol–water partition coefficient (Wildman–Crippen LogP) is 4.44. The first-order valence-electron chi connectivity index (χ1n) is 8.60. The summed E-state index contributed by atoms with van der Waals surface area (Å²) in [6.07, 6.45) is 5.62. The molecular weight excluding hydrogens is 329 g/mol. The number of hydrogen-bond donors (Lipinski definition) is 1. The van der Waals surface area contributed by atoms with Gasteiger partial charge in [-0.3, -0.25) is 4.79 Å². The lowest BCUT2D eigenvalue weighted by atomic mass is 9.48. The molecule has 1 aromatic rings. The van der Waals surface area contributed by atoms with E-state index in [-0.39, 0.29) is 21.6 Å². The molecule has 124 valence electrons. The molecular formula is C19H23Cl2NO. The maximum atomic E-state index is 11.7. The van der Waals surface area contributed by atoms with Crippen LogP contribution < -0.4 is 5.73 Å². The minimum atomic E-state index is -0.276. The first-order chi connectivity index (χ1) is 10.9. The minimum absolute atomic E-state index is 0.108. The molecule has 4 heteroatoms. The van der Waals surface area contributed by atoms with Gasteiger partial charge in [-0.05, 0) is 61.3 Å². The quantitative estimate of drug-likeness (QED) is 0.800. The highest BCUT2D eigenvalue weighted by Crippen LogP contribution is 2.67. The summed E-state index contributed by atoms with van der Waals surface area (Å²) in [4.78, 5) is 11.3. The normalized spacial score (nSPS) is 42.6. The van der Waals surface area contributed by atoms with E-state index in [1.807, 2.05) is 18.2 Å². The van der Waals surface area contributed by atoms with E-state index in [2.05, 4.69) is 12.1 Å². The van der Waals surface area contributed by atoms with Gasteiger partial charge in [-0.2, -0.15) is 0 Å². The number of carbonyl (C=O) groups excluding carboxylic acids is 1. The molecule has 5 rings (SSSR count). The summed E-state index contributed by atoms with van der Waals surface area (Å²) in [5.74, 6) is 1.32. The van der Waals surface area contributed by atoms with Crippen LogP contribution >= 0.6 is 23.2 Å². The molecule has 1 aromatic carbocycles. The molecule has 6 atom stereocenters. The van der Waals surface area contributed by atoms with Gasteiger partial charge in [0.05, 0.1) is 4.87 Å². The van der Waals surface area contributed by atoms with Crippen molar-refractivity contribution in [2.45, 2.75) is 54.2 Å². The third-order valence-electron chi connectivity index (χ3n) is 6.34. The van der Waals surface area contributed by atoms with Crippen LogP contribution in [-0.2, 0) is 4.79 Å². The second kappa shape index (κ2) is 5.39. The van der Waals surface area contributed by atoms with Gasteiger partial charge in [0.2, 0.25) is 5.91 Å². The monoisotopic (exact) mass is 351 g/mol. The molecule has 4 bridgehead atoms. The van der Waals surface area contributed by atoms with Gasteiger partial charge in [-0.1, -0.05) is 30.3 Å². The molecule has 2 nitrogen and oxygen atoms in total. The third-order valence-corrected chi connectivity index (χ3v) is 7.33. The highest BCUT2D eigenvalue weighted by atomic mass is 35.5. The molecule has 0 aromatic heterocycles. The third kappa shape index (κ3) is 2.68. The highest BCUT2D eigenvalue weighted by Gasteiger charge is 2.63. The Morgan fingerprint density at radius 3 is 2.57 bits per heavy atom. The molecule has 0 saturated heterocycles. The van der Waals surface area contributed by atoms with Crippen LogP contribution in [0.4, 0.5) is 0 Å². The molecule has 4 saturated carbocycles. The van der Waals surface area contributed by atoms with Gasteiger partial charge in [0, 0.05) is 11.3 Å². The van der Waals surface area contributed by atoms with E-state index in [1.165, 1.54) is 12.0 Å². The molecule has 4 fully saturated rings. The number of amides is 1. The van der Waals surface area contributed by atoms with Gasteiger partial charge in [-0.25, -0.2) is 0 Å². The zero-order valence-corrected chi connectivity index (χ0v) is 14.7. The first kappa shape index (κ1) is 15.8. The van der Waals surface area contributed by atoms with Crippen molar-refractivity contribution < 1.29 is 4.79 Å². The highest BCUT2D eigenvalue weighted by molar-refractivity contribution is 6.28. The zero-order valence-electron chi connectivity index (χ0n) is 13.2. The van der Waals surface area contributed by atoms with Crippen molar-refractivity contribution in [2.75, 3.05) is 0 Å². The van der Waals surface area contributed by atoms with E-state index in [4.69, 9.17) is 28.9 Å². The van der Waals surface area contributed by atoms with Crippen molar-refractivity contribution in [2.24, 2.45) is 23.5 Å². The second-order valence-corrected chi connectivity index (χ2v) is 9.60. The number of alkyl halides is 2. The Hall–Kier alpha value is -0.730. The van der Waals surface area contributed by atoms with Crippen LogP contribution in [0.3, 0.4) is 0 Å². The number of halogens is 2. The molecule has 0 aliphatic heterocycles. The summed E-state index contributed by atoms with van der Waals surface area (Å²) in [6, 6.07) is 10.3. The van der Waals surface area contributed by atoms with Crippen LogP contribution in [0.15, 0.2) is 30.3 Å². The average molecular weight is 352 g/mol. The van der Waals surface area contributed by atoms with E-state index in [0.717, 1.165) is 25.7 Å². The summed E-state index contributed by atoms with van der Waals surface area (Å²) in [5, 5.41) is 0. The molecule has 4 aliphatic rings. The van der Waals surface area contributed by atoms with Gasteiger partial charge < -0.3 is 5.73 Å². The van der Waals surface area contributed by atoms with Crippen LogP contribution in [-0.4, -0.2) is 15.7 Å². The molecule has 1 amide bonds. The maximum absolute atomic E-state index is 11.7. The number of primary amides is 1. The van der Waals surface area contributed by atoms with Gasteiger partial charge >= 0.3 is 0 Å². The van der Waals surface area contributed by atoms with Gasteiger partial charge in [-0.15, -0.1) is 23.2 Å². The van der Waals surface area contributed by atoms with Crippen LogP contribution in [0.25, 0.3) is 0 Å². The predicted molar refractivity (Wildman–Crippen MR) is 93.7 cm³/mol. The Labute approximate surface area is 147 Å². The van der Waals surface area contributed by atoms with Crippen molar-refractivity contribution in [1.82, 2.24) is 0 Å². The number of nitrogens with two attached hydrogens (primary N) is 1. The Morgan fingerprint density at radius 1 is 1.22 bits per heavy atom. The number of benzene rings is 1. The Balaban J connectivity index is 1.73. The lowest BCUT2D eigenvalue weighted by molar-refractivity contribution is -0.119. The largest absolute Gasteiger partial charge is 0.370 e. The SMILES string of the molecule is NC(=O)C[C@@H](c1ccccc1)[C@H]1[C@H]2C[C@@H]3C[C@](Cl)(C2)C[C@@]1(Cl)C3. The minimum Gasteiger partial charge on any atom is -0.370 e. The van der Waals surface area contributed by atoms with Crippen molar-refractivity contribution in [3.63, 3.8) is 0 Å². The van der Waals surface area contributed by atoms with Crippen molar-refractivity contribution in [1.29, 1.82) is 0 Å². The molecule has 0 radical (unpaired) electrons. The number of rotatable bonds is 4. The van der Waals surface area contributed by atoms with Gasteiger partial charge in [0.15, 0.2) is 0 Å². The molecule has 0 unspecified atom stereocenters. The number of carbonyl (C=O) groups is 1. The Bertz CT molecular complexity index is 621. The van der Waals surface area contributed by atoms with Crippen molar-refractivity contribution in [3.05, 3.63) is 35.9 Å². The van der Waals surface area contributed by atoms with Crippen LogP contribution in [0, 0.1) is 17.8 Å². The van der Waals surface area contributed by atoms with Crippen molar-refractivity contribution >= 4 is 29.1 Å². The second-order valence-electron chi connectivity index (χ2n) is 8.05. The van der Waals surface area contributed by atoms with Crippen molar-refractivity contribution in [3.8, 4) is 0 Å². The van der Waals surface area contributed by atoms with Crippen LogP contribution in [0.2, 0.25) is 0 Å². The lowest BCUT2D eigenvalue weighted by Gasteiger charge is -2.63. The standard InChI is InChI=1S/C19H23Cl2NO/c20-18-8-12-6-14(10-18)17(19(21,9-12)11-18)15(7-16(22)23)13-4-2-1-3-5-13/h1-5,12,14-15,17H,6-11H2,(H2,22,23)/t12-,14+,15+,17-,18+,19+/m1/s1. The van der Waals surface area contributed by atoms with Crippen LogP contribution in [0.1, 0.15) is 50.0 Å². The first-order valence-corrected chi connectivity index (χ1v) is 9.35. The topological polar surface area (TPSA) is 43.1 Å². The molecule has 4 aliphatic carbocycles. The Morgan fingerprint density at radius 2 is 1.96 bits per heavy atom. The van der Waals surface area contributed by atoms with Gasteiger partial charge in [0.1, 0.15) is 0 Å². The van der Waals surface area contributed by atoms with E-state index in [1.54, 1.807) is 0 Å². The van der Waals surface area contributed by atoms with Crippen LogP contribution in [0.5, 0.6) is 0 Å². The fraction of sp³-hybridized carbons (Fsp3) is 0.632. The summed E-state index contributed by atoms with van der Waals surface area (Å²) in [6.45, 7) is 0. The zero-order chi connectivity index (χ0) is 16.2. The summed E-state index contributed by atoms with van der Waals surface area (Å²) < 4.78 is 0. The lowest BCUT2D eigenvalue weighted by Crippen LogP contribution is -2.61. The molecule has 0 spiro atoms. The summed E-state index contributed by atoms with van der Waals surface area (Å²) in [5.41, 5.74) is 6.77. The summed E-state index contributed by atoms with van der Waals surface area (Å²) in [7, 11) is 0. The Kier molecular flexibility index (Phi) is 3.70. The fourth-order valence-electron chi connectivity index (χ4n) is 6.05. The van der Waals surface area contributed by atoms with E-state index < -0.39 is 0 Å². The molecule has 0 heterocycles. The molecule has 23 heavy (non-hydrogen) atoms. The molecule has 2 N–H and O–H groups in total. The van der Waals surface area contributed by atoms with E-state index >= 15 is 0 Å². The summed E-state index contributed by atoms with van der Waals surface area (Å²) >= 11 is 14.0. The fourth-order valence-corrected chi connectivity index (χ4v) is 7.58. The van der Waals surface area contributed by atoms with E-state index in [0.29, 0.717) is 24.2 Å².